The van der Waals surface area contributed by atoms with E-state index < -0.39 is 0 Å². The predicted molar refractivity (Wildman–Crippen MR) is 83.1 cm³/mol. The topological polar surface area (TPSA) is 53.9 Å². The Morgan fingerprint density at radius 2 is 2.21 bits per heavy atom. The Labute approximate surface area is 129 Å². The molecule has 5 nitrogen and oxygen atoms in total. The van der Waals surface area contributed by atoms with Gasteiger partial charge >= 0.3 is 0 Å². The van der Waals surface area contributed by atoms with Crippen LogP contribution in [-0.4, -0.2) is 28.5 Å². The molecule has 0 radical (unpaired) electrons. The third-order valence-electron chi connectivity index (χ3n) is 2.29. The zero-order valence-electron chi connectivity index (χ0n) is 10.5. The molecule has 19 heavy (non-hydrogen) atoms. The Balaban J connectivity index is 2.15. The van der Waals surface area contributed by atoms with E-state index in [9.17, 15) is 0 Å². The van der Waals surface area contributed by atoms with Gasteiger partial charge in [0, 0.05) is 28.3 Å². The predicted octanol–water partition coefficient (Wildman–Crippen LogP) is 3.42. The van der Waals surface area contributed by atoms with E-state index in [-0.39, 0.29) is 5.28 Å². The number of thiophene rings is 1. The summed E-state index contributed by atoms with van der Waals surface area (Å²) in [6, 6.07) is 2.08. The second-order valence-electron chi connectivity index (χ2n) is 3.85. The number of rotatable bonds is 5. The fourth-order valence-corrected chi connectivity index (χ4v) is 3.15. The lowest BCUT2D eigenvalue weighted by Crippen LogP contribution is -2.19. The SMILES string of the molecule is CCNc1nc(Cl)nc(N(C)Cc2cc(Br)cs2)n1. The minimum absolute atomic E-state index is 0.195. The standard InChI is InChI=1S/C11H13BrClN5S/c1-3-14-10-15-9(13)16-11(17-10)18(2)5-8-4-7(12)6-19-8/h4,6H,3,5H2,1-2H3,(H,14,15,16,17). The van der Waals surface area contributed by atoms with Gasteiger partial charge in [0.2, 0.25) is 17.2 Å². The summed E-state index contributed by atoms with van der Waals surface area (Å²) in [7, 11) is 1.93. The van der Waals surface area contributed by atoms with Gasteiger partial charge in [0.15, 0.2) is 0 Å². The summed E-state index contributed by atoms with van der Waals surface area (Å²) in [6.07, 6.45) is 0. The van der Waals surface area contributed by atoms with Gasteiger partial charge in [-0.1, -0.05) is 0 Å². The molecular weight excluding hydrogens is 350 g/mol. The van der Waals surface area contributed by atoms with Gasteiger partial charge in [-0.15, -0.1) is 11.3 Å². The summed E-state index contributed by atoms with van der Waals surface area (Å²) in [5.74, 6) is 1.05. The molecular formula is C11H13BrClN5S. The van der Waals surface area contributed by atoms with Crippen molar-refractivity contribution in [3.05, 3.63) is 26.1 Å². The van der Waals surface area contributed by atoms with Crippen molar-refractivity contribution in [3.8, 4) is 0 Å². The molecule has 0 atom stereocenters. The zero-order valence-corrected chi connectivity index (χ0v) is 13.7. The first-order valence-electron chi connectivity index (χ1n) is 5.68. The van der Waals surface area contributed by atoms with Crippen molar-refractivity contribution in [2.24, 2.45) is 0 Å². The minimum Gasteiger partial charge on any atom is -0.354 e. The molecule has 0 saturated heterocycles. The van der Waals surface area contributed by atoms with Gasteiger partial charge in [-0.3, -0.25) is 0 Å². The number of anilines is 2. The Bertz CT molecular complexity index is 562. The number of hydrogen-bond acceptors (Lipinski definition) is 6. The van der Waals surface area contributed by atoms with Crippen molar-refractivity contribution in [3.63, 3.8) is 0 Å². The summed E-state index contributed by atoms with van der Waals surface area (Å²) >= 11 is 11.0. The van der Waals surface area contributed by atoms with Crippen LogP contribution in [0.5, 0.6) is 0 Å². The van der Waals surface area contributed by atoms with Crippen LogP contribution in [0.25, 0.3) is 0 Å². The van der Waals surface area contributed by atoms with Gasteiger partial charge in [-0.25, -0.2) is 0 Å². The second-order valence-corrected chi connectivity index (χ2v) is 6.10. The molecule has 0 aliphatic heterocycles. The molecule has 2 rings (SSSR count). The lowest BCUT2D eigenvalue weighted by atomic mass is 10.4. The van der Waals surface area contributed by atoms with E-state index in [0.717, 1.165) is 17.6 Å². The van der Waals surface area contributed by atoms with E-state index in [1.807, 2.05) is 24.3 Å². The highest BCUT2D eigenvalue weighted by Crippen LogP contribution is 2.22. The molecule has 0 spiro atoms. The van der Waals surface area contributed by atoms with Gasteiger partial charge in [0.25, 0.3) is 0 Å². The number of hydrogen-bond donors (Lipinski definition) is 1. The Morgan fingerprint density at radius 3 is 2.84 bits per heavy atom. The summed E-state index contributed by atoms with van der Waals surface area (Å²) in [5, 5.41) is 5.28. The van der Waals surface area contributed by atoms with Gasteiger partial charge in [-0.2, -0.15) is 15.0 Å². The normalized spacial score (nSPS) is 10.5. The fourth-order valence-electron chi connectivity index (χ4n) is 1.49. The minimum atomic E-state index is 0.195. The van der Waals surface area contributed by atoms with Gasteiger partial charge in [-0.05, 0) is 40.5 Å². The van der Waals surface area contributed by atoms with Crippen LogP contribution in [0.2, 0.25) is 5.28 Å². The molecule has 0 aromatic carbocycles. The maximum absolute atomic E-state index is 5.90. The van der Waals surface area contributed by atoms with Crippen molar-refractivity contribution in [2.45, 2.75) is 13.5 Å². The van der Waals surface area contributed by atoms with E-state index in [1.165, 1.54) is 4.88 Å². The summed E-state index contributed by atoms with van der Waals surface area (Å²) in [4.78, 5) is 15.6. The summed E-state index contributed by atoms with van der Waals surface area (Å²) < 4.78 is 1.09. The quantitative estimate of drug-likeness (QED) is 0.883. The van der Waals surface area contributed by atoms with Crippen LogP contribution in [0.3, 0.4) is 0 Å². The van der Waals surface area contributed by atoms with Gasteiger partial charge in [0.05, 0.1) is 6.54 Å². The van der Waals surface area contributed by atoms with Crippen LogP contribution in [0.1, 0.15) is 11.8 Å². The monoisotopic (exact) mass is 361 g/mol. The first kappa shape index (κ1) is 14.5. The molecule has 8 heteroatoms. The third-order valence-corrected chi connectivity index (χ3v) is 4.14. The molecule has 2 aromatic rings. The van der Waals surface area contributed by atoms with Crippen molar-refractivity contribution >= 4 is 50.8 Å². The van der Waals surface area contributed by atoms with Crippen LogP contribution >= 0.6 is 38.9 Å². The molecule has 102 valence electrons. The third kappa shape index (κ3) is 4.02. The largest absolute Gasteiger partial charge is 0.354 e. The molecule has 2 heterocycles. The molecule has 0 aliphatic rings. The van der Waals surface area contributed by atoms with E-state index >= 15 is 0 Å². The van der Waals surface area contributed by atoms with Crippen molar-refractivity contribution in [1.29, 1.82) is 0 Å². The number of nitrogens with zero attached hydrogens (tertiary/aromatic N) is 4. The van der Waals surface area contributed by atoms with Crippen LogP contribution in [0, 0.1) is 0 Å². The molecule has 0 saturated carbocycles. The Kier molecular flexibility index (Phi) is 4.95. The average Bonchev–Trinajstić information content (AvgIpc) is 2.74. The van der Waals surface area contributed by atoms with Crippen molar-refractivity contribution < 1.29 is 0 Å². The van der Waals surface area contributed by atoms with E-state index in [2.05, 4.69) is 42.3 Å². The highest BCUT2D eigenvalue weighted by atomic mass is 79.9. The molecule has 2 aromatic heterocycles. The van der Waals surface area contributed by atoms with Crippen LogP contribution < -0.4 is 10.2 Å². The maximum Gasteiger partial charge on any atom is 0.231 e. The van der Waals surface area contributed by atoms with E-state index in [1.54, 1.807) is 11.3 Å². The first-order chi connectivity index (χ1) is 9.08. The molecule has 0 unspecified atom stereocenters. The van der Waals surface area contributed by atoms with Crippen LogP contribution in [0.4, 0.5) is 11.9 Å². The molecule has 0 fully saturated rings. The Hall–Kier alpha value is -0.920. The molecule has 1 N–H and O–H groups in total. The fraction of sp³-hybridized carbons (Fsp3) is 0.364. The number of nitrogens with one attached hydrogen (secondary N) is 1. The highest BCUT2D eigenvalue weighted by molar-refractivity contribution is 9.10. The lowest BCUT2D eigenvalue weighted by Gasteiger charge is -2.16. The lowest BCUT2D eigenvalue weighted by molar-refractivity contribution is 0.861. The molecule has 0 bridgehead atoms. The second kappa shape index (κ2) is 6.49. The first-order valence-corrected chi connectivity index (χ1v) is 7.73. The molecule has 0 aliphatic carbocycles. The summed E-state index contributed by atoms with van der Waals surface area (Å²) in [5.41, 5.74) is 0. The van der Waals surface area contributed by atoms with E-state index in [4.69, 9.17) is 11.6 Å². The van der Waals surface area contributed by atoms with E-state index in [0.29, 0.717) is 11.9 Å². The van der Waals surface area contributed by atoms with Crippen LogP contribution in [-0.2, 0) is 6.54 Å². The number of halogens is 2. The Morgan fingerprint density at radius 1 is 1.42 bits per heavy atom. The van der Waals surface area contributed by atoms with Gasteiger partial charge < -0.3 is 10.2 Å². The van der Waals surface area contributed by atoms with Crippen molar-refractivity contribution in [2.75, 3.05) is 23.8 Å². The number of aromatic nitrogens is 3. The van der Waals surface area contributed by atoms with Crippen LogP contribution in [0.15, 0.2) is 15.9 Å². The smallest absolute Gasteiger partial charge is 0.231 e. The average molecular weight is 363 g/mol. The zero-order chi connectivity index (χ0) is 13.8. The maximum atomic E-state index is 5.90. The van der Waals surface area contributed by atoms with Crippen molar-refractivity contribution in [1.82, 2.24) is 15.0 Å². The highest BCUT2D eigenvalue weighted by Gasteiger charge is 2.10. The summed E-state index contributed by atoms with van der Waals surface area (Å²) in [6.45, 7) is 3.44. The van der Waals surface area contributed by atoms with Gasteiger partial charge in [0.1, 0.15) is 0 Å². The molecule has 0 amide bonds.